The highest BCUT2D eigenvalue weighted by atomic mass is 32.2. The topological polar surface area (TPSA) is 86.8 Å². The van der Waals surface area contributed by atoms with Gasteiger partial charge in [-0.1, -0.05) is 36.4 Å². The van der Waals surface area contributed by atoms with E-state index in [1.54, 1.807) is 12.1 Å². The first kappa shape index (κ1) is 20.6. The van der Waals surface area contributed by atoms with Crippen molar-refractivity contribution in [3.8, 4) is 0 Å². The van der Waals surface area contributed by atoms with Crippen molar-refractivity contribution in [3.05, 3.63) is 65.7 Å². The third kappa shape index (κ3) is 4.24. The lowest BCUT2D eigenvalue weighted by Gasteiger charge is -2.28. The molecule has 0 radical (unpaired) electrons. The Hall–Kier alpha value is -2.71. The van der Waals surface area contributed by atoms with Crippen LogP contribution in [0.3, 0.4) is 0 Å². The van der Waals surface area contributed by atoms with Crippen molar-refractivity contribution in [1.82, 2.24) is 10.2 Å². The van der Waals surface area contributed by atoms with E-state index >= 15 is 0 Å². The lowest BCUT2D eigenvalue weighted by atomic mass is 10.1. The predicted molar refractivity (Wildman–Crippen MR) is 115 cm³/mol. The molecule has 1 N–H and O–H groups in total. The zero-order valence-electron chi connectivity index (χ0n) is 16.7. The molecule has 0 aliphatic carbocycles. The van der Waals surface area contributed by atoms with Gasteiger partial charge >= 0.3 is 0 Å². The summed E-state index contributed by atoms with van der Waals surface area (Å²) < 4.78 is 25.1. The molecule has 2 aliphatic heterocycles. The number of rotatable bonds is 6. The Morgan fingerprint density at radius 3 is 2.43 bits per heavy atom. The second kappa shape index (κ2) is 8.57. The summed E-state index contributed by atoms with van der Waals surface area (Å²) in [7, 11) is -3.66. The van der Waals surface area contributed by atoms with Crippen molar-refractivity contribution in [1.29, 1.82) is 0 Å². The summed E-state index contributed by atoms with van der Waals surface area (Å²) in [4.78, 5) is 27.2. The highest BCUT2D eigenvalue weighted by Gasteiger charge is 2.36. The minimum absolute atomic E-state index is 0.0344. The molecule has 30 heavy (non-hydrogen) atoms. The lowest BCUT2D eigenvalue weighted by Crippen LogP contribution is -2.37. The van der Waals surface area contributed by atoms with E-state index in [0.29, 0.717) is 12.1 Å². The van der Waals surface area contributed by atoms with E-state index in [4.69, 9.17) is 0 Å². The van der Waals surface area contributed by atoms with Gasteiger partial charge in [0.05, 0.1) is 17.5 Å². The number of amides is 2. The maximum Gasteiger partial charge on any atom is 0.251 e. The number of anilines is 1. The van der Waals surface area contributed by atoms with Gasteiger partial charge in [0.1, 0.15) is 0 Å². The summed E-state index contributed by atoms with van der Waals surface area (Å²) >= 11 is 0. The maximum absolute atomic E-state index is 12.8. The second-order valence-electron chi connectivity index (χ2n) is 7.65. The van der Waals surface area contributed by atoms with Crippen LogP contribution in [0.5, 0.6) is 0 Å². The Morgan fingerprint density at radius 1 is 1.03 bits per heavy atom. The van der Waals surface area contributed by atoms with Gasteiger partial charge in [0.2, 0.25) is 15.9 Å². The van der Waals surface area contributed by atoms with Gasteiger partial charge in [-0.25, -0.2) is 12.7 Å². The fourth-order valence-electron chi connectivity index (χ4n) is 4.12. The minimum atomic E-state index is -3.66. The molecule has 158 valence electrons. The molecule has 0 spiro atoms. The molecule has 2 saturated heterocycles. The smallest absolute Gasteiger partial charge is 0.251 e. The quantitative estimate of drug-likeness (QED) is 0.765. The third-order valence-electron chi connectivity index (χ3n) is 5.64. The van der Waals surface area contributed by atoms with Gasteiger partial charge in [-0.3, -0.25) is 14.5 Å². The number of hydrogen-bond donors (Lipinski definition) is 1. The fourth-order valence-corrected chi connectivity index (χ4v) is 5.57. The zero-order valence-corrected chi connectivity index (χ0v) is 17.5. The molecule has 1 atom stereocenters. The number of sulfonamides is 1. The fraction of sp³-hybridized carbons (Fsp3) is 0.364. The van der Waals surface area contributed by atoms with E-state index in [2.05, 4.69) is 22.3 Å². The van der Waals surface area contributed by atoms with Crippen molar-refractivity contribution < 1.29 is 18.0 Å². The number of benzene rings is 2. The number of hydrogen-bond acceptors (Lipinski definition) is 5. The standard InChI is InChI=1S/C22H25N3O4S/c26-21-11-14-30(28,29)25(21)19-10-6-9-18(15-19)22(27)23-16-20(24-12-4-5-13-24)17-7-2-1-3-8-17/h1-3,6-10,15,20H,4-5,11-14,16H2,(H,23,27)/t20-/m1/s1. The maximum atomic E-state index is 12.8. The average molecular weight is 428 g/mol. The normalized spacial score (nSPS) is 19.7. The van der Waals surface area contributed by atoms with Gasteiger partial charge in [0.15, 0.2) is 0 Å². The summed E-state index contributed by atoms with van der Waals surface area (Å²) in [6.07, 6.45) is 2.27. The van der Waals surface area contributed by atoms with Crippen LogP contribution in [0.2, 0.25) is 0 Å². The van der Waals surface area contributed by atoms with Gasteiger partial charge in [-0.2, -0.15) is 0 Å². The van der Waals surface area contributed by atoms with Crippen LogP contribution in [0.15, 0.2) is 54.6 Å². The van der Waals surface area contributed by atoms with Crippen LogP contribution in [-0.2, 0) is 14.8 Å². The summed E-state index contributed by atoms with van der Waals surface area (Å²) in [6.45, 7) is 2.45. The highest BCUT2D eigenvalue weighted by Crippen LogP contribution is 2.27. The van der Waals surface area contributed by atoms with Gasteiger partial charge in [0, 0.05) is 18.5 Å². The number of carbonyl (C=O) groups is 2. The Kier molecular flexibility index (Phi) is 5.87. The van der Waals surface area contributed by atoms with Crippen LogP contribution in [0, 0.1) is 0 Å². The second-order valence-corrected chi connectivity index (χ2v) is 9.59. The molecule has 2 aliphatic rings. The molecule has 2 amide bonds. The minimum Gasteiger partial charge on any atom is -0.350 e. The van der Waals surface area contributed by atoms with Crippen molar-refractivity contribution in [2.45, 2.75) is 25.3 Å². The van der Waals surface area contributed by atoms with E-state index in [9.17, 15) is 18.0 Å². The molecule has 2 aromatic carbocycles. The SMILES string of the molecule is O=C(NC[C@H](c1ccccc1)N1CCCC1)c1cccc(N2C(=O)CCS2(=O)=O)c1. The average Bonchev–Trinajstić information content (AvgIpc) is 3.37. The van der Waals surface area contributed by atoms with Crippen molar-refractivity contribution >= 4 is 27.5 Å². The molecular formula is C22H25N3O4S. The van der Waals surface area contributed by atoms with E-state index in [0.717, 1.165) is 35.8 Å². The van der Waals surface area contributed by atoms with E-state index < -0.39 is 15.9 Å². The van der Waals surface area contributed by atoms with Crippen LogP contribution in [0.25, 0.3) is 0 Å². The van der Waals surface area contributed by atoms with Crippen molar-refractivity contribution in [2.75, 3.05) is 29.7 Å². The zero-order chi connectivity index (χ0) is 21.1. The number of likely N-dealkylation sites (tertiary alicyclic amines) is 1. The van der Waals surface area contributed by atoms with Crippen LogP contribution in [0.1, 0.15) is 41.2 Å². The Labute approximate surface area is 176 Å². The molecule has 2 heterocycles. The summed E-state index contributed by atoms with van der Waals surface area (Å²) in [5.41, 5.74) is 1.70. The number of nitrogens with zero attached hydrogens (tertiary/aromatic N) is 2. The first-order valence-corrected chi connectivity index (χ1v) is 11.8. The van der Waals surface area contributed by atoms with E-state index in [1.807, 2.05) is 18.2 Å². The van der Waals surface area contributed by atoms with Gasteiger partial charge in [0.25, 0.3) is 5.91 Å². The molecule has 4 rings (SSSR count). The number of nitrogens with one attached hydrogen (secondary N) is 1. The molecule has 2 fully saturated rings. The summed E-state index contributed by atoms with van der Waals surface area (Å²) in [5.74, 6) is -0.955. The van der Waals surface area contributed by atoms with Gasteiger partial charge in [-0.15, -0.1) is 0 Å². The molecule has 2 aromatic rings. The monoisotopic (exact) mass is 427 g/mol. The molecule has 8 heteroatoms. The van der Waals surface area contributed by atoms with Crippen LogP contribution < -0.4 is 9.62 Å². The molecule has 0 bridgehead atoms. The molecule has 0 unspecified atom stereocenters. The lowest BCUT2D eigenvalue weighted by molar-refractivity contribution is -0.116. The first-order valence-electron chi connectivity index (χ1n) is 10.2. The molecule has 0 aromatic heterocycles. The summed E-state index contributed by atoms with van der Waals surface area (Å²) in [5, 5.41) is 2.99. The first-order chi connectivity index (χ1) is 14.5. The predicted octanol–water partition coefficient (Wildman–Crippen LogP) is 2.32. The van der Waals surface area contributed by atoms with Gasteiger partial charge < -0.3 is 5.32 Å². The van der Waals surface area contributed by atoms with Crippen LogP contribution >= 0.6 is 0 Å². The highest BCUT2D eigenvalue weighted by molar-refractivity contribution is 7.94. The van der Waals surface area contributed by atoms with E-state index in [1.165, 1.54) is 12.1 Å². The Bertz CT molecular complexity index is 1030. The van der Waals surface area contributed by atoms with Crippen LogP contribution in [0.4, 0.5) is 5.69 Å². The van der Waals surface area contributed by atoms with Gasteiger partial charge in [-0.05, 0) is 49.7 Å². The molecule has 7 nitrogen and oxygen atoms in total. The number of carbonyl (C=O) groups excluding carboxylic acids is 2. The third-order valence-corrected chi connectivity index (χ3v) is 7.33. The molecular weight excluding hydrogens is 402 g/mol. The largest absolute Gasteiger partial charge is 0.350 e. The molecule has 0 saturated carbocycles. The summed E-state index contributed by atoms with van der Waals surface area (Å²) in [6, 6.07) is 16.4. The van der Waals surface area contributed by atoms with Crippen LogP contribution in [-0.4, -0.2) is 50.5 Å². The van der Waals surface area contributed by atoms with Crippen molar-refractivity contribution in [3.63, 3.8) is 0 Å². The Morgan fingerprint density at radius 2 is 1.77 bits per heavy atom. The van der Waals surface area contributed by atoms with E-state index in [-0.39, 0.29) is 29.8 Å². The van der Waals surface area contributed by atoms with Crippen molar-refractivity contribution in [2.24, 2.45) is 0 Å². The Balaban J connectivity index is 1.50.